The predicted molar refractivity (Wildman–Crippen MR) is 95.6 cm³/mol. The Morgan fingerprint density at radius 1 is 1.35 bits per heavy atom. The maximum absolute atomic E-state index is 6.21. The molecule has 1 aromatic carbocycles. The summed E-state index contributed by atoms with van der Waals surface area (Å²) in [5, 5.41) is 8.58. The highest BCUT2D eigenvalue weighted by Crippen LogP contribution is 2.38. The second-order valence-corrected chi connectivity index (χ2v) is 8.16. The van der Waals surface area contributed by atoms with E-state index in [0.717, 1.165) is 40.3 Å². The van der Waals surface area contributed by atoms with Crippen LogP contribution in [0.25, 0.3) is 10.2 Å². The molecule has 4 aliphatic rings. The summed E-state index contributed by atoms with van der Waals surface area (Å²) in [4.78, 5) is 11.9. The molecule has 4 aliphatic heterocycles. The standard InChI is InChI=1S/C16H18ClN5S/c17-11-2-1-3-12-13(11)19-15(23-12)20-14-18-8-16(21-14)9-22-6-4-10(16)5-7-22/h1-3,10H,4-9H2,(H2,18,19,20,21). The molecule has 0 amide bonds. The zero-order valence-corrected chi connectivity index (χ0v) is 14.3. The summed E-state index contributed by atoms with van der Waals surface area (Å²) >= 11 is 7.82. The molecule has 1 spiro atoms. The van der Waals surface area contributed by atoms with Crippen LogP contribution in [0, 0.1) is 5.92 Å². The minimum absolute atomic E-state index is 0.132. The SMILES string of the molecule is Clc1cccc2sc(NC3=NCC4(CN5CCC4CC5)N3)nc12. The van der Waals surface area contributed by atoms with Crippen LogP contribution in [-0.4, -0.2) is 47.6 Å². The molecule has 0 saturated carbocycles. The van der Waals surface area contributed by atoms with E-state index in [9.17, 15) is 0 Å². The number of para-hydroxylation sites is 1. The third-order valence-electron chi connectivity index (χ3n) is 5.36. The van der Waals surface area contributed by atoms with Gasteiger partial charge >= 0.3 is 0 Å². The van der Waals surface area contributed by atoms with Crippen LogP contribution in [0.3, 0.4) is 0 Å². The second-order valence-electron chi connectivity index (χ2n) is 6.73. The number of hydrogen-bond acceptors (Lipinski definition) is 6. The lowest BCUT2D eigenvalue weighted by atomic mass is 9.73. The van der Waals surface area contributed by atoms with Gasteiger partial charge in [-0.25, -0.2) is 4.98 Å². The lowest BCUT2D eigenvalue weighted by Crippen LogP contribution is -2.66. The van der Waals surface area contributed by atoms with Gasteiger partial charge in [0, 0.05) is 6.54 Å². The highest BCUT2D eigenvalue weighted by Gasteiger charge is 2.49. The average Bonchev–Trinajstić information content (AvgIpc) is 3.14. The largest absolute Gasteiger partial charge is 0.347 e. The van der Waals surface area contributed by atoms with Crippen molar-refractivity contribution >= 4 is 44.2 Å². The first kappa shape index (κ1) is 14.0. The van der Waals surface area contributed by atoms with Crippen molar-refractivity contribution in [1.82, 2.24) is 15.2 Å². The predicted octanol–water partition coefficient (Wildman–Crippen LogP) is 2.79. The normalized spacial score (nSPS) is 32.3. The van der Waals surface area contributed by atoms with E-state index in [-0.39, 0.29) is 5.54 Å². The van der Waals surface area contributed by atoms with E-state index in [2.05, 4.69) is 20.5 Å². The molecular weight excluding hydrogens is 330 g/mol. The van der Waals surface area contributed by atoms with Crippen LogP contribution in [0.1, 0.15) is 12.8 Å². The third kappa shape index (κ3) is 2.23. The highest BCUT2D eigenvalue weighted by atomic mass is 35.5. The van der Waals surface area contributed by atoms with Gasteiger partial charge in [0.1, 0.15) is 5.52 Å². The van der Waals surface area contributed by atoms with Crippen molar-refractivity contribution < 1.29 is 0 Å². The maximum Gasteiger partial charge on any atom is 0.198 e. The molecular formula is C16H18ClN5S. The number of piperidine rings is 3. The quantitative estimate of drug-likeness (QED) is 0.833. The van der Waals surface area contributed by atoms with Crippen LogP contribution >= 0.6 is 22.9 Å². The van der Waals surface area contributed by atoms with Crippen molar-refractivity contribution in [3.05, 3.63) is 23.2 Å². The summed E-state index contributed by atoms with van der Waals surface area (Å²) in [6.07, 6.45) is 2.57. The van der Waals surface area contributed by atoms with Gasteiger partial charge in [0.05, 0.1) is 21.8 Å². The lowest BCUT2D eigenvalue weighted by Gasteiger charge is -2.51. The molecule has 0 radical (unpaired) electrons. The Labute approximate surface area is 143 Å². The summed E-state index contributed by atoms with van der Waals surface area (Å²) in [7, 11) is 0. The van der Waals surface area contributed by atoms with Crippen molar-refractivity contribution in [2.24, 2.45) is 10.9 Å². The van der Waals surface area contributed by atoms with Crippen molar-refractivity contribution in [2.75, 3.05) is 31.5 Å². The van der Waals surface area contributed by atoms with Crippen molar-refractivity contribution in [3.63, 3.8) is 0 Å². The van der Waals surface area contributed by atoms with Crippen LogP contribution in [0.5, 0.6) is 0 Å². The van der Waals surface area contributed by atoms with Gasteiger partial charge in [-0.05, 0) is 44.0 Å². The van der Waals surface area contributed by atoms with Gasteiger partial charge in [-0.3, -0.25) is 4.99 Å². The summed E-state index contributed by atoms with van der Waals surface area (Å²) in [5.74, 6) is 1.59. The molecule has 1 unspecified atom stereocenters. The first-order valence-electron chi connectivity index (χ1n) is 8.09. The Bertz CT molecular complexity index is 795. The average molecular weight is 348 g/mol. The van der Waals surface area contributed by atoms with Gasteiger partial charge in [0.15, 0.2) is 11.1 Å². The van der Waals surface area contributed by atoms with E-state index < -0.39 is 0 Å². The zero-order chi connectivity index (χ0) is 15.4. The van der Waals surface area contributed by atoms with Gasteiger partial charge in [-0.1, -0.05) is 29.0 Å². The molecule has 1 atom stereocenters. The van der Waals surface area contributed by atoms with Gasteiger partial charge in [-0.15, -0.1) is 0 Å². The first-order chi connectivity index (χ1) is 11.2. The van der Waals surface area contributed by atoms with Crippen LogP contribution in [0.15, 0.2) is 23.2 Å². The smallest absolute Gasteiger partial charge is 0.198 e. The molecule has 3 fully saturated rings. The number of aliphatic imine (C=N–C) groups is 1. The van der Waals surface area contributed by atoms with Crippen molar-refractivity contribution in [2.45, 2.75) is 18.4 Å². The molecule has 120 valence electrons. The van der Waals surface area contributed by atoms with Gasteiger partial charge in [0.2, 0.25) is 0 Å². The summed E-state index contributed by atoms with van der Waals surface area (Å²) < 4.78 is 1.09. The Balaban J connectivity index is 1.36. The van der Waals surface area contributed by atoms with Crippen LogP contribution < -0.4 is 10.6 Å². The number of rotatable bonds is 1. The van der Waals surface area contributed by atoms with Crippen molar-refractivity contribution in [1.29, 1.82) is 0 Å². The number of nitrogens with zero attached hydrogens (tertiary/aromatic N) is 3. The summed E-state index contributed by atoms with van der Waals surface area (Å²) in [6.45, 7) is 4.46. The number of fused-ring (bicyclic) bond motifs is 3. The number of guanidine groups is 1. The number of benzene rings is 1. The number of halogens is 1. The molecule has 0 aliphatic carbocycles. The topological polar surface area (TPSA) is 52.6 Å². The number of hydrogen-bond donors (Lipinski definition) is 2. The maximum atomic E-state index is 6.21. The Morgan fingerprint density at radius 2 is 2.22 bits per heavy atom. The molecule has 5 nitrogen and oxygen atoms in total. The third-order valence-corrected chi connectivity index (χ3v) is 6.60. The Hall–Kier alpha value is -1.37. The molecule has 5 heterocycles. The fourth-order valence-electron chi connectivity index (χ4n) is 4.17. The molecule has 7 heteroatoms. The molecule has 2 aromatic rings. The van der Waals surface area contributed by atoms with Crippen LogP contribution in [0.2, 0.25) is 5.02 Å². The fourth-order valence-corrected chi connectivity index (χ4v) is 5.33. The van der Waals surface area contributed by atoms with E-state index >= 15 is 0 Å². The first-order valence-corrected chi connectivity index (χ1v) is 9.28. The van der Waals surface area contributed by atoms with Gasteiger partial charge in [-0.2, -0.15) is 0 Å². The van der Waals surface area contributed by atoms with E-state index in [0.29, 0.717) is 5.02 Å². The van der Waals surface area contributed by atoms with Crippen LogP contribution in [-0.2, 0) is 0 Å². The number of aromatic nitrogens is 1. The number of thiazole rings is 1. The Morgan fingerprint density at radius 3 is 2.96 bits per heavy atom. The zero-order valence-electron chi connectivity index (χ0n) is 12.7. The molecule has 2 N–H and O–H groups in total. The minimum Gasteiger partial charge on any atom is -0.347 e. The minimum atomic E-state index is 0.132. The van der Waals surface area contributed by atoms with Gasteiger partial charge < -0.3 is 15.5 Å². The molecule has 6 rings (SSSR count). The number of nitrogens with one attached hydrogen (secondary N) is 2. The second kappa shape index (κ2) is 5.06. The van der Waals surface area contributed by atoms with Gasteiger partial charge in [0.25, 0.3) is 0 Å². The van der Waals surface area contributed by atoms with Crippen LogP contribution in [0.4, 0.5) is 5.13 Å². The lowest BCUT2D eigenvalue weighted by molar-refractivity contribution is 0.0270. The van der Waals surface area contributed by atoms with E-state index in [1.165, 1.54) is 25.9 Å². The fraction of sp³-hybridized carbons (Fsp3) is 0.500. The molecule has 23 heavy (non-hydrogen) atoms. The Kier molecular flexibility index (Phi) is 3.08. The molecule has 3 saturated heterocycles. The molecule has 2 bridgehead atoms. The van der Waals surface area contributed by atoms with E-state index in [1.54, 1.807) is 11.3 Å². The molecule has 1 aromatic heterocycles. The van der Waals surface area contributed by atoms with E-state index in [4.69, 9.17) is 16.6 Å². The van der Waals surface area contributed by atoms with E-state index in [1.807, 2.05) is 18.2 Å². The van der Waals surface area contributed by atoms with Crippen molar-refractivity contribution in [3.8, 4) is 0 Å². The summed E-state index contributed by atoms with van der Waals surface area (Å²) in [5.41, 5.74) is 0.991. The summed E-state index contributed by atoms with van der Waals surface area (Å²) in [6, 6.07) is 5.88. The monoisotopic (exact) mass is 347 g/mol. The highest BCUT2D eigenvalue weighted by molar-refractivity contribution is 7.22. The number of anilines is 1.